The minimum atomic E-state index is -1.26. The van der Waals surface area contributed by atoms with Crippen molar-refractivity contribution in [2.24, 2.45) is 0 Å². The third-order valence-electron chi connectivity index (χ3n) is 6.44. The molecule has 18 heteroatoms. The number of aromatic nitrogens is 2. The number of nitrogens with zero attached hydrogens (tertiary/aromatic N) is 2. The maximum Gasteiger partial charge on any atom is 0.322 e. The summed E-state index contributed by atoms with van der Waals surface area (Å²) >= 11 is 1.18. The van der Waals surface area contributed by atoms with Gasteiger partial charge in [0.2, 0.25) is 23.7 Å². The number of carbonyl (C=O) groups is 5. The average Bonchev–Trinajstić information content (AvgIpc) is 3.07. The van der Waals surface area contributed by atoms with Gasteiger partial charge in [-0.3, -0.25) is 24.0 Å². The predicted octanol–water partition coefficient (Wildman–Crippen LogP) is 3.13. The molecule has 3 rings (SSSR count). The predicted molar refractivity (Wildman–Crippen MR) is 183 cm³/mol. The number of benzene rings is 2. The van der Waals surface area contributed by atoms with Crippen LogP contribution in [0.15, 0.2) is 54.7 Å². The highest BCUT2D eigenvalue weighted by Crippen LogP contribution is 2.24. The van der Waals surface area contributed by atoms with Crippen molar-refractivity contribution in [2.45, 2.75) is 31.7 Å². The van der Waals surface area contributed by atoms with Gasteiger partial charge < -0.3 is 46.3 Å². The lowest BCUT2D eigenvalue weighted by Crippen LogP contribution is -2.49. The number of hydrogen-bond donors (Lipinski definition) is 7. The molecule has 1 heterocycles. The Kier molecular flexibility index (Phi) is 16.2. The van der Waals surface area contributed by atoms with E-state index in [1.807, 2.05) is 0 Å². The van der Waals surface area contributed by atoms with Crippen LogP contribution in [0.1, 0.15) is 25.7 Å². The van der Waals surface area contributed by atoms with Crippen LogP contribution in [0.4, 0.5) is 33.2 Å². The van der Waals surface area contributed by atoms with E-state index in [-0.39, 0.29) is 54.9 Å². The van der Waals surface area contributed by atoms with Gasteiger partial charge in [0.1, 0.15) is 24.9 Å². The number of ether oxygens (including phenoxy) is 2. The molecule has 268 valence electrons. The number of carboxylic acid groups (broad SMARTS) is 2. The van der Waals surface area contributed by atoms with Gasteiger partial charge in [0.25, 0.3) is 0 Å². The highest BCUT2D eigenvalue weighted by molar-refractivity contribution is 7.99. The molecule has 0 spiro atoms. The zero-order chi connectivity index (χ0) is 36.3. The van der Waals surface area contributed by atoms with Gasteiger partial charge in [-0.05, 0) is 48.9 Å². The van der Waals surface area contributed by atoms with Gasteiger partial charge in [-0.2, -0.15) is 16.7 Å². The molecule has 1 aromatic heterocycles. The lowest BCUT2D eigenvalue weighted by molar-refractivity contribution is -0.138. The van der Waals surface area contributed by atoms with E-state index in [4.69, 9.17) is 19.7 Å². The molecule has 7 N–H and O–H groups in total. The van der Waals surface area contributed by atoms with E-state index in [9.17, 15) is 28.4 Å². The largest absolute Gasteiger partial charge is 0.491 e. The van der Waals surface area contributed by atoms with Gasteiger partial charge in [0, 0.05) is 54.9 Å². The summed E-state index contributed by atoms with van der Waals surface area (Å²) < 4.78 is 25.1. The van der Waals surface area contributed by atoms with E-state index in [1.54, 1.807) is 55.6 Å². The summed E-state index contributed by atoms with van der Waals surface area (Å²) in [5.41, 5.74) is 1.51. The molecule has 0 aliphatic rings. The fourth-order valence-corrected chi connectivity index (χ4v) is 5.02. The summed E-state index contributed by atoms with van der Waals surface area (Å²) in [6, 6.07) is 12.5. The molecule has 16 nitrogen and oxygen atoms in total. The summed E-state index contributed by atoms with van der Waals surface area (Å²) in [6.07, 6.45) is 0.787. The van der Waals surface area contributed by atoms with E-state index in [0.29, 0.717) is 36.0 Å². The SMILES string of the molecule is COCCOc1ccc(Nc2ncc(F)c(Nc3cccc(NC(=O)CCSCC(NC(=O)CCCC(=O)O)C(=O)NCC(=O)O)c3)n2)cc1. The summed E-state index contributed by atoms with van der Waals surface area (Å²) in [6.45, 7) is 0.224. The van der Waals surface area contributed by atoms with Crippen molar-refractivity contribution in [3.63, 3.8) is 0 Å². The molecule has 3 aromatic rings. The van der Waals surface area contributed by atoms with Crippen LogP contribution in [-0.4, -0.2) is 94.3 Å². The Labute approximate surface area is 290 Å². The summed E-state index contributed by atoms with van der Waals surface area (Å²) in [4.78, 5) is 67.0. The number of carbonyl (C=O) groups excluding carboxylic acids is 3. The summed E-state index contributed by atoms with van der Waals surface area (Å²) in [7, 11) is 1.59. The van der Waals surface area contributed by atoms with E-state index < -0.39 is 42.2 Å². The molecule has 0 radical (unpaired) electrons. The summed E-state index contributed by atoms with van der Waals surface area (Å²) in [5.74, 6) is -3.66. The number of methoxy groups -OCH3 is 1. The van der Waals surface area contributed by atoms with Crippen molar-refractivity contribution >= 4 is 70.3 Å². The monoisotopic (exact) mass is 715 g/mol. The molecular formula is C32H38FN7O9S. The smallest absolute Gasteiger partial charge is 0.322 e. The number of carboxylic acids is 2. The number of aliphatic carboxylic acids is 2. The van der Waals surface area contributed by atoms with Crippen LogP contribution in [0.3, 0.4) is 0 Å². The van der Waals surface area contributed by atoms with Crippen molar-refractivity contribution in [2.75, 3.05) is 54.3 Å². The molecule has 0 aliphatic carbocycles. The standard InChI is InChI=1S/C32H38FN7O9S/c1-48-13-14-49-23-10-8-20(9-11-23)38-32-35-17-24(33)30(40-32)37-22-5-2-4-21(16-22)36-27(42)12-15-50-19-25(31(47)34-18-29(45)46)39-26(41)6-3-7-28(43)44/h2,4-5,8-11,16-17,25H,3,6-7,12-15,18-19H2,1H3,(H,34,47)(H,36,42)(H,39,41)(H,43,44)(H,45,46)(H2,35,37,38,40). The van der Waals surface area contributed by atoms with Crippen LogP contribution in [0.2, 0.25) is 0 Å². The van der Waals surface area contributed by atoms with Crippen LogP contribution in [0.25, 0.3) is 0 Å². The van der Waals surface area contributed by atoms with Crippen LogP contribution in [0.5, 0.6) is 5.75 Å². The Bertz CT molecular complexity index is 1620. The topological polar surface area (TPSA) is 230 Å². The first-order valence-electron chi connectivity index (χ1n) is 15.3. The van der Waals surface area contributed by atoms with Crippen molar-refractivity contribution in [1.82, 2.24) is 20.6 Å². The third kappa shape index (κ3) is 14.7. The lowest BCUT2D eigenvalue weighted by Gasteiger charge is -2.18. The number of anilines is 5. The molecule has 1 atom stereocenters. The van der Waals surface area contributed by atoms with Gasteiger partial charge in [-0.25, -0.2) is 9.37 Å². The van der Waals surface area contributed by atoms with Gasteiger partial charge in [-0.15, -0.1) is 0 Å². The molecule has 50 heavy (non-hydrogen) atoms. The van der Waals surface area contributed by atoms with Gasteiger partial charge in [-0.1, -0.05) is 6.07 Å². The van der Waals surface area contributed by atoms with Crippen LogP contribution in [0, 0.1) is 5.82 Å². The Balaban J connectivity index is 1.51. The van der Waals surface area contributed by atoms with Gasteiger partial charge in [0.05, 0.1) is 12.8 Å². The highest BCUT2D eigenvalue weighted by atomic mass is 32.2. The molecule has 0 bridgehead atoms. The number of rotatable bonds is 22. The second-order valence-corrected chi connectivity index (χ2v) is 11.6. The number of halogens is 1. The first kappa shape index (κ1) is 39.0. The molecule has 2 aromatic carbocycles. The van der Waals surface area contributed by atoms with Gasteiger partial charge >= 0.3 is 11.9 Å². The Morgan fingerprint density at radius 3 is 2.38 bits per heavy atom. The number of hydrogen-bond acceptors (Lipinski definition) is 12. The second-order valence-electron chi connectivity index (χ2n) is 10.4. The van der Waals surface area contributed by atoms with Crippen LogP contribution < -0.4 is 31.3 Å². The zero-order valence-electron chi connectivity index (χ0n) is 27.1. The fourth-order valence-electron chi connectivity index (χ4n) is 4.06. The van der Waals surface area contributed by atoms with Crippen molar-refractivity contribution in [3.05, 3.63) is 60.5 Å². The summed E-state index contributed by atoms with van der Waals surface area (Å²) in [5, 5.41) is 30.9. The maximum absolute atomic E-state index is 14.6. The minimum absolute atomic E-state index is 0.0359. The molecule has 0 saturated heterocycles. The number of amides is 3. The molecule has 3 amide bonds. The number of nitrogens with one attached hydrogen (secondary N) is 5. The molecule has 0 aliphatic heterocycles. The van der Waals surface area contributed by atoms with Crippen molar-refractivity contribution < 1.29 is 48.0 Å². The Morgan fingerprint density at radius 2 is 1.66 bits per heavy atom. The molecule has 0 fully saturated rings. The van der Waals surface area contributed by atoms with Crippen molar-refractivity contribution in [1.29, 1.82) is 0 Å². The quantitative estimate of drug-likeness (QED) is 0.0742. The second kappa shape index (κ2) is 20.8. The number of thioether (sulfide) groups is 1. The normalized spacial score (nSPS) is 11.2. The van der Waals surface area contributed by atoms with E-state index in [2.05, 4.69) is 36.6 Å². The first-order valence-corrected chi connectivity index (χ1v) is 16.4. The average molecular weight is 716 g/mol. The first-order chi connectivity index (χ1) is 24.0. The zero-order valence-corrected chi connectivity index (χ0v) is 27.9. The fraction of sp³-hybridized carbons (Fsp3) is 0.344. The van der Waals surface area contributed by atoms with E-state index in [1.165, 1.54) is 11.8 Å². The van der Waals surface area contributed by atoms with Crippen molar-refractivity contribution in [3.8, 4) is 5.75 Å². The molecule has 0 saturated carbocycles. The van der Waals surface area contributed by atoms with Crippen LogP contribution >= 0.6 is 11.8 Å². The van der Waals surface area contributed by atoms with Gasteiger partial charge in [0.15, 0.2) is 11.6 Å². The third-order valence-corrected chi connectivity index (χ3v) is 7.50. The van der Waals surface area contributed by atoms with Crippen LogP contribution in [-0.2, 0) is 28.7 Å². The molecular weight excluding hydrogens is 677 g/mol. The van der Waals surface area contributed by atoms with E-state index in [0.717, 1.165) is 6.20 Å². The Hall–Kier alpha value is -5.49. The molecule has 1 unspecified atom stereocenters. The lowest BCUT2D eigenvalue weighted by atomic mass is 10.2. The van der Waals surface area contributed by atoms with E-state index >= 15 is 0 Å². The highest BCUT2D eigenvalue weighted by Gasteiger charge is 2.21. The maximum atomic E-state index is 14.6. The minimum Gasteiger partial charge on any atom is -0.491 e. The Morgan fingerprint density at radius 1 is 0.900 bits per heavy atom.